The van der Waals surface area contributed by atoms with Crippen molar-refractivity contribution in [2.24, 2.45) is 0 Å². The van der Waals surface area contributed by atoms with E-state index in [1.807, 2.05) is 38.1 Å². The zero-order chi connectivity index (χ0) is 14.1. The molecule has 3 aromatic rings. The topological polar surface area (TPSA) is 77.6 Å². The van der Waals surface area contributed by atoms with Gasteiger partial charge < -0.3 is 5.73 Å². The predicted octanol–water partition coefficient (Wildman–Crippen LogP) is 2.77. The summed E-state index contributed by atoms with van der Waals surface area (Å²) in [5.41, 5.74) is 9.28. The van der Waals surface area contributed by atoms with Gasteiger partial charge in [-0.1, -0.05) is 0 Å². The van der Waals surface area contributed by atoms with Gasteiger partial charge in [-0.2, -0.15) is 0 Å². The van der Waals surface area contributed by atoms with Crippen molar-refractivity contribution in [3.8, 4) is 0 Å². The summed E-state index contributed by atoms with van der Waals surface area (Å²) in [4.78, 5) is 17.4. The first-order valence-electron chi connectivity index (χ1n) is 6.12. The van der Waals surface area contributed by atoms with Gasteiger partial charge >= 0.3 is 0 Å². The Morgan fingerprint density at radius 1 is 1.00 bits per heavy atom. The van der Waals surface area contributed by atoms with Gasteiger partial charge in [0, 0.05) is 22.5 Å². The number of fused-ring (bicyclic) bond motifs is 1. The molecule has 1 aromatic carbocycles. The number of rotatable bonds is 2. The molecule has 0 saturated heterocycles. The van der Waals surface area contributed by atoms with Crippen LogP contribution in [-0.2, 0) is 0 Å². The van der Waals surface area contributed by atoms with Crippen molar-refractivity contribution in [3.05, 3.63) is 42.0 Å². The van der Waals surface area contributed by atoms with Crippen molar-refractivity contribution >= 4 is 28.4 Å². The number of aromatic nitrogens is 4. The summed E-state index contributed by atoms with van der Waals surface area (Å²) in [6.45, 7) is 3.91. The second kappa shape index (κ2) is 5.05. The van der Waals surface area contributed by atoms with E-state index in [2.05, 4.69) is 19.9 Å². The van der Waals surface area contributed by atoms with E-state index in [1.54, 1.807) is 6.33 Å². The van der Waals surface area contributed by atoms with Crippen molar-refractivity contribution in [2.45, 2.75) is 24.0 Å². The van der Waals surface area contributed by atoms with E-state index in [-0.39, 0.29) is 0 Å². The molecule has 0 aliphatic carbocycles. The zero-order valence-electron chi connectivity index (χ0n) is 11.2. The third-order valence-corrected chi connectivity index (χ3v) is 3.66. The monoisotopic (exact) mass is 283 g/mol. The fourth-order valence-electron chi connectivity index (χ4n) is 1.96. The Labute approximate surface area is 120 Å². The fourth-order valence-corrected chi connectivity index (χ4v) is 2.88. The molecular formula is C14H13N5S. The summed E-state index contributed by atoms with van der Waals surface area (Å²) < 4.78 is 0. The maximum Gasteiger partial charge on any atom is 0.194 e. The number of nitrogens with zero attached hydrogens (tertiary/aromatic N) is 4. The van der Waals surface area contributed by atoms with Crippen LogP contribution in [0, 0.1) is 13.8 Å². The van der Waals surface area contributed by atoms with Crippen molar-refractivity contribution in [1.29, 1.82) is 0 Å². The van der Waals surface area contributed by atoms with Crippen molar-refractivity contribution in [1.82, 2.24) is 19.9 Å². The van der Waals surface area contributed by atoms with Crippen LogP contribution in [-0.4, -0.2) is 19.9 Å². The number of nitrogen functional groups attached to an aromatic ring is 1. The van der Waals surface area contributed by atoms with E-state index in [0.717, 1.165) is 27.3 Å². The van der Waals surface area contributed by atoms with Crippen molar-refractivity contribution in [3.63, 3.8) is 0 Å². The average molecular weight is 283 g/mol. The van der Waals surface area contributed by atoms with Crippen LogP contribution < -0.4 is 5.73 Å². The first-order chi connectivity index (χ1) is 9.61. The second-order valence-corrected chi connectivity index (χ2v) is 5.45. The molecule has 0 radical (unpaired) electrons. The van der Waals surface area contributed by atoms with E-state index >= 15 is 0 Å². The van der Waals surface area contributed by atoms with Crippen LogP contribution in [0.3, 0.4) is 0 Å². The first-order valence-corrected chi connectivity index (χ1v) is 6.94. The molecule has 6 heteroatoms. The highest BCUT2D eigenvalue weighted by molar-refractivity contribution is 7.99. The summed E-state index contributed by atoms with van der Waals surface area (Å²) in [5.74, 6) is 0. The quantitative estimate of drug-likeness (QED) is 0.442. The number of nitrogens with two attached hydrogens (primary N) is 1. The van der Waals surface area contributed by atoms with Crippen LogP contribution in [0.15, 0.2) is 40.8 Å². The minimum atomic E-state index is 0.685. The number of hydrogen-bond donors (Lipinski definition) is 1. The predicted molar refractivity (Wildman–Crippen MR) is 79.6 cm³/mol. The molecule has 0 aliphatic heterocycles. The standard InChI is InChI=1S/C14H13N5S/c1-8-5-9(2)19-14(18-8)20-13-11-6-10(15)3-4-12(11)16-7-17-13/h3-7H,15H2,1-2H3. The van der Waals surface area contributed by atoms with Gasteiger partial charge in [0.15, 0.2) is 5.16 Å². The molecule has 2 aromatic heterocycles. The molecule has 0 saturated carbocycles. The number of anilines is 1. The van der Waals surface area contributed by atoms with Crippen LogP contribution in [0.5, 0.6) is 0 Å². The average Bonchev–Trinajstić information content (AvgIpc) is 2.38. The van der Waals surface area contributed by atoms with Crippen molar-refractivity contribution < 1.29 is 0 Å². The van der Waals surface area contributed by atoms with Gasteiger partial charge in [0.2, 0.25) is 0 Å². The Morgan fingerprint density at radius 3 is 2.50 bits per heavy atom. The molecule has 5 nitrogen and oxygen atoms in total. The van der Waals surface area contributed by atoms with Gasteiger partial charge in [0.1, 0.15) is 11.4 Å². The van der Waals surface area contributed by atoms with Crippen LogP contribution >= 0.6 is 11.8 Å². The minimum Gasteiger partial charge on any atom is -0.399 e. The van der Waals surface area contributed by atoms with Crippen molar-refractivity contribution in [2.75, 3.05) is 5.73 Å². The molecule has 2 heterocycles. The molecule has 100 valence electrons. The summed E-state index contributed by atoms with van der Waals surface area (Å²) in [5, 5.41) is 2.41. The van der Waals surface area contributed by atoms with Gasteiger partial charge in [-0.3, -0.25) is 0 Å². The van der Waals surface area contributed by atoms with E-state index in [1.165, 1.54) is 11.8 Å². The molecule has 3 rings (SSSR count). The lowest BCUT2D eigenvalue weighted by molar-refractivity contribution is 0.899. The van der Waals surface area contributed by atoms with Gasteiger partial charge in [-0.05, 0) is 49.9 Å². The Morgan fingerprint density at radius 2 is 1.75 bits per heavy atom. The molecular weight excluding hydrogens is 270 g/mol. The molecule has 20 heavy (non-hydrogen) atoms. The Kier molecular flexibility index (Phi) is 3.23. The van der Waals surface area contributed by atoms with Crippen LogP contribution in [0.2, 0.25) is 0 Å². The highest BCUT2D eigenvalue weighted by atomic mass is 32.2. The molecule has 0 unspecified atom stereocenters. The summed E-state index contributed by atoms with van der Waals surface area (Å²) in [6, 6.07) is 7.54. The molecule has 0 bridgehead atoms. The lowest BCUT2D eigenvalue weighted by Gasteiger charge is -2.05. The summed E-state index contributed by atoms with van der Waals surface area (Å²) in [6.07, 6.45) is 1.55. The number of benzene rings is 1. The Balaban J connectivity index is 2.08. The van der Waals surface area contributed by atoms with E-state index < -0.39 is 0 Å². The van der Waals surface area contributed by atoms with E-state index in [0.29, 0.717) is 10.8 Å². The van der Waals surface area contributed by atoms with Gasteiger partial charge in [0.05, 0.1) is 5.52 Å². The fraction of sp³-hybridized carbons (Fsp3) is 0.143. The summed E-state index contributed by atoms with van der Waals surface area (Å²) >= 11 is 1.43. The SMILES string of the molecule is Cc1cc(C)nc(Sc2ncnc3ccc(N)cc23)n1. The Bertz CT molecular complexity index is 767. The van der Waals surface area contributed by atoms with Crippen LogP contribution in [0.4, 0.5) is 5.69 Å². The van der Waals surface area contributed by atoms with E-state index in [9.17, 15) is 0 Å². The number of hydrogen-bond acceptors (Lipinski definition) is 6. The highest BCUT2D eigenvalue weighted by Gasteiger charge is 2.09. The second-order valence-electron chi connectivity index (χ2n) is 4.49. The zero-order valence-corrected chi connectivity index (χ0v) is 12.0. The highest BCUT2D eigenvalue weighted by Crippen LogP contribution is 2.30. The first kappa shape index (κ1) is 12.8. The van der Waals surface area contributed by atoms with Gasteiger partial charge in [0.25, 0.3) is 0 Å². The molecule has 0 fully saturated rings. The third-order valence-electron chi connectivity index (χ3n) is 2.77. The lowest BCUT2D eigenvalue weighted by Crippen LogP contribution is -1.94. The Hall–Kier alpha value is -2.21. The third kappa shape index (κ3) is 2.55. The largest absolute Gasteiger partial charge is 0.399 e. The molecule has 2 N–H and O–H groups in total. The lowest BCUT2D eigenvalue weighted by atomic mass is 10.2. The maximum absolute atomic E-state index is 5.84. The molecule has 0 amide bonds. The number of aryl methyl sites for hydroxylation is 2. The molecule has 0 aliphatic rings. The summed E-state index contributed by atoms with van der Waals surface area (Å²) in [7, 11) is 0. The van der Waals surface area contributed by atoms with Gasteiger partial charge in [-0.25, -0.2) is 19.9 Å². The molecule has 0 atom stereocenters. The molecule has 0 spiro atoms. The normalized spacial score (nSPS) is 10.9. The van der Waals surface area contributed by atoms with Gasteiger partial charge in [-0.15, -0.1) is 0 Å². The minimum absolute atomic E-state index is 0.685. The van der Waals surface area contributed by atoms with Crippen LogP contribution in [0.25, 0.3) is 10.9 Å². The maximum atomic E-state index is 5.84. The van der Waals surface area contributed by atoms with Crippen LogP contribution in [0.1, 0.15) is 11.4 Å². The van der Waals surface area contributed by atoms with E-state index in [4.69, 9.17) is 5.73 Å². The smallest absolute Gasteiger partial charge is 0.194 e.